The predicted octanol–water partition coefficient (Wildman–Crippen LogP) is 1.82. The lowest BCUT2D eigenvalue weighted by molar-refractivity contribution is 0.575. The quantitative estimate of drug-likeness (QED) is 0.377. The number of hydrogen-bond acceptors (Lipinski definition) is 6. The molecule has 84 valence electrons. The number of hydrazone groups is 1. The van der Waals surface area contributed by atoms with Crippen molar-refractivity contribution in [1.82, 2.24) is 4.98 Å². The Kier molecular flexibility index (Phi) is 3.47. The van der Waals surface area contributed by atoms with Crippen molar-refractivity contribution in [2.45, 2.75) is 5.75 Å². The number of amidine groups is 1. The maximum Gasteiger partial charge on any atom is 0.236 e. The van der Waals surface area contributed by atoms with Gasteiger partial charge in [-0.3, -0.25) is 0 Å². The van der Waals surface area contributed by atoms with E-state index in [1.807, 2.05) is 17.5 Å². The van der Waals surface area contributed by atoms with Crippen LogP contribution >= 0.6 is 23.1 Å². The lowest BCUT2D eigenvalue weighted by Crippen LogP contribution is -2.09. The summed E-state index contributed by atoms with van der Waals surface area (Å²) in [5.41, 5.74) is 6.27. The van der Waals surface area contributed by atoms with Crippen LogP contribution in [0, 0.1) is 0 Å². The summed E-state index contributed by atoms with van der Waals surface area (Å²) in [6, 6.07) is 3.92. The Morgan fingerprint density at radius 3 is 3.19 bits per heavy atom. The van der Waals surface area contributed by atoms with E-state index in [0.29, 0.717) is 16.8 Å². The van der Waals surface area contributed by atoms with E-state index in [2.05, 4.69) is 10.1 Å². The second kappa shape index (κ2) is 5.04. The zero-order valence-electron chi connectivity index (χ0n) is 8.29. The summed E-state index contributed by atoms with van der Waals surface area (Å²) in [5, 5.41) is 5.67. The zero-order chi connectivity index (χ0) is 11.4. The first kappa shape index (κ1) is 11.0. The number of nitrogens with two attached hydrogens (primary N) is 2. The molecule has 0 fully saturated rings. The normalized spacial score (nSPS) is 11.9. The summed E-state index contributed by atoms with van der Waals surface area (Å²) < 4.78 is 5.35. The molecule has 0 aliphatic heterocycles. The molecule has 0 amide bonds. The van der Waals surface area contributed by atoms with Crippen molar-refractivity contribution in [2.75, 3.05) is 0 Å². The maximum absolute atomic E-state index is 5.45. The number of nitrogens with zero attached hydrogens (tertiary/aromatic N) is 2. The summed E-state index contributed by atoms with van der Waals surface area (Å²) in [7, 11) is 0. The number of thioether (sulfide) groups is 1. The average molecular weight is 254 g/mol. The molecule has 5 nitrogen and oxygen atoms in total. The van der Waals surface area contributed by atoms with Crippen LogP contribution in [-0.2, 0) is 5.75 Å². The fourth-order valence-electron chi connectivity index (χ4n) is 1.07. The zero-order valence-corrected chi connectivity index (χ0v) is 9.92. The number of oxazole rings is 1. The van der Waals surface area contributed by atoms with Crippen LogP contribution in [0.1, 0.15) is 5.69 Å². The van der Waals surface area contributed by atoms with Gasteiger partial charge < -0.3 is 16.0 Å². The molecule has 0 aliphatic carbocycles. The number of rotatable bonds is 3. The molecule has 4 N–H and O–H groups in total. The monoisotopic (exact) mass is 254 g/mol. The van der Waals surface area contributed by atoms with E-state index < -0.39 is 0 Å². The molecular weight excluding hydrogens is 244 g/mol. The first-order chi connectivity index (χ1) is 7.79. The fraction of sp³-hybridized carbons (Fsp3) is 0.111. The van der Waals surface area contributed by atoms with Gasteiger partial charge in [-0.15, -0.1) is 11.3 Å². The van der Waals surface area contributed by atoms with Crippen molar-refractivity contribution < 1.29 is 4.42 Å². The molecule has 0 atom stereocenters. The van der Waals surface area contributed by atoms with Gasteiger partial charge in [-0.2, -0.15) is 5.10 Å². The molecule has 0 radical (unpaired) electrons. The lowest BCUT2D eigenvalue weighted by Gasteiger charge is -1.94. The topological polar surface area (TPSA) is 90.4 Å². The van der Waals surface area contributed by atoms with Crippen LogP contribution in [0.2, 0.25) is 0 Å². The minimum Gasteiger partial charge on any atom is -0.444 e. The Labute approximate surface area is 101 Å². The summed E-state index contributed by atoms with van der Waals surface area (Å²) in [4.78, 5) is 5.34. The third-order valence-corrected chi connectivity index (χ3v) is 3.48. The van der Waals surface area contributed by atoms with Gasteiger partial charge in [0, 0.05) is 5.75 Å². The fourth-order valence-corrected chi connectivity index (χ4v) is 2.23. The van der Waals surface area contributed by atoms with Gasteiger partial charge in [0.2, 0.25) is 5.89 Å². The number of aromatic nitrogens is 1. The van der Waals surface area contributed by atoms with E-state index >= 15 is 0 Å². The van der Waals surface area contributed by atoms with Crippen molar-refractivity contribution in [3.63, 3.8) is 0 Å². The molecule has 7 heteroatoms. The van der Waals surface area contributed by atoms with Gasteiger partial charge in [-0.25, -0.2) is 4.98 Å². The molecule has 0 aromatic carbocycles. The van der Waals surface area contributed by atoms with Crippen LogP contribution in [0.15, 0.2) is 33.3 Å². The molecule has 0 unspecified atom stereocenters. The van der Waals surface area contributed by atoms with Crippen molar-refractivity contribution in [3.05, 3.63) is 29.5 Å². The van der Waals surface area contributed by atoms with Crippen LogP contribution in [-0.4, -0.2) is 10.2 Å². The second-order valence-electron chi connectivity index (χ2n) is 2.88. The first-order valence-electron chi connectivity index (χ1n) is 4.44. The van der Waals surface area contributed by atoms with E-state index in [1.54, 1.807) is 17.6 Å². The number of hydrogen-bond donors (Lipinski definition) is 2. The van der Waals surface area contributed by atoms with Gasteiger partial charge in [0.1, 0.15) is 6.26 Å². The van der Waals surface area contributed by atoms with Crippen LogP contribution < -0.4 is 11.6 Å². The molecule has 0 aliphatic rings. The van der Waals surface area contributed by atoms with Crippen LogP contribution in [0.25, 0.3) is 10.8 Å². The van der Waals surface area contributed by atoms with E-state index in [1.165, 1.54) is 11.8 Å². The molecular formula is C9H10N4OS2. The molecule has 2 heterocycles. The van der Waals surface area contributed by atoms with E-state index in [9.17, 15) is 0 Å². The second-order valence-corrected chi connectivity index (χ2v) is 4.82. The smallest absolute Gasteiger partial charge is 0.236 e. The Morgan fingerprint density at radius 1 is 1.62 bits per heavy atom. The van der Waals surface area contributed by atoms with Gasteiger partial charge in [-0.05, 0) is 11.4 Å². The van der Waals surface area contributed by atoms with Crippen LogP contribution in [0.4, 0.5) is 0 Å². The van der Waals surface area contributed by atoms with Crippen molar-refractivity contribution >= 4 is 28.3 Å². The molecule has 16 heavy (non-hydrogen) atoms. The molecule has 0 bridgehead atoms. The van der Waals surface area contributed by atoms with E-state index in [4.69, 9.17) is 16.0 Å². The highest BCUT2D eigenvalue weighted by molar-refractivity contribution is 8.13. The third kappa shape index (κ3) is 2.56. The molecule has 2 aromatic heterocycles. The highest BCUT2D eigenvalue weighted by Gasteiger charge is 2.07. The Morgan fingerprint density at radius 2 is 2.50 bits per heavy atom. The van der Waals surface area contributed by atoms with Gasteiger partial charge in [0.15, 0.2) is 5.17 Å². The third-order valence-electron chi connectivity index (χ3n) is 1.78. The van der Waals surface area contributed by atoms with E-state index in [0.717, 1.165) is 10.6 Å². The van der Waals surface area contributed by atoms with Gasteiger partial charge in [0.05, 0.1) is 10.6 Å². The molecule has 0 spiro atoms. The Balaban J connectivity index is 2.03. The van der Waals surface area contributed by atoms with Gasteiger partial charge >= 0.3 is 0 Å². The van der Waals surface area contributed by atoms with Crippen LogP contribution in [0.3, 0.4) is 0 Å². The molecule has 0 saturated heterocycles. The van der Waals surface area contributed by atoms with Crippen LogP contribution in [0.5, 0.6) is 0 Å². The summed E-state index contributed by atoms with van der Waals surface area (Å²) in [6.07, 6.45) is 1.62. The van der Waals surface area contributed by atoms with Crippen molar-refractivity contribution in [3.8, 4) is 10.8 Å². The highest BCUT2D eigenvalue weighted by atomic mass is 32.2. The highest BCUT2D eigenvalue weighted by Crippen LogP contribution is 2.24. The SMILES string of the molecule is NN=C(N)SCc1coc(-c2cccs2)n1. The minimum absolute atomic E-state index is 0.334. The Bertz CT molecular complexity index is 477. The minimum atomic E-state index is 0.334. The standard InChI is InChI=1S/C9H10N4OS2/c10-9(13-11)16-5-6-4-14-8(12-6)7-2-1-3-15-7/h1-4H,5,11H2,(H2,10,13). The molecule has 0 saturated carbocycles. The maximum atomic E-state index is 5.45. The predicted molar refractivity (Wildman–Crippen MR) is 66.9 cm³/mol. The number of thiophene rings is 1. The molecule has 2 rings (SSSR count). The summed E-state index contributed by atoms with van der Waals surface area (Å²) in [6.45, 7) is 0. The van der Waals surface area contributed by atoms with Crippen molar-refractivity contribution in [2.24, 2.45) is 16.7 Å². The van der Waals surface area contributed by atoms with E-state index in [-0.39, 0.29) is 0 Å². The largest absolute Gasteiger partial charge is 0.444 e. The van der Waals surface area contributed by atoms with Crippen molar-refractivity contribution in [1.29, 1.82) is 0 Å². The lowest BCUT2D eigenvalue weighted by atomic mass is 10.5. The summed E-state index contributed by atoms with van der Waals surface area (Å²) >= 11 is 2.91. The summed E-state index contributed by atoms with van der Waals surface area (Å²) in [5.74, 6) is 6.25. The Hall–Kier alpha value is -1.47. The van der Waals surface area contributed by atoms with Gasteiger partial charge in [-0.1, -0.05) is 17.8 Å². The first-order valence-corrected chi connectivity index (χ1v) is 6.30. The molecule has 2 aromatic rings. The average Bonchev–Trinajstić information content (AvgIpc) is 2.95. The van der Waals surface area contributed by atoms with Gasteiger partial charge in [0.25, 0.3) is 0 Å².